The van der Waals surface area contributed by atoms with Crippen LogP contribution >= 0.6 is 0 Å². The molecule has 0 bridgehead atoms. The molecule has 1 aromatic carbocycles. The Hall–Kier alpha value is -3.09. The lowest BCUT2D eigenvalue weighted by atomic mass is 9.93. The van der Waals surface area contributed by atoms with Gasteiger partial charge in [-0.2, -0.15) is 0 Å². The molecule has 1 aliphatic heterocycles. The molecule has 1 fully saturated rings. The summed E-state index contributed by atoms with van der Waals surface area (Å²) in [6, 6.07) is 11.4. The molecule has 0 spiro atoms. The summed E-state index contributed by atoms with van der Waals surface area (Å²) < 4.78 is 0. The highest BCUT2D eigenvalue weighted by Gasteiger charge is 2.22. The Bertz CT molecular complexity index is 909. The topological polar surface area (TPSA) is 85.9 Å². The van der Waals surface area contributed by atoms with Crippen LogP contribution in [0.3, 0.4) is 0 Å². The van der Waals surface area contributed by atoms with Crippen LogP contribution in [0.25, 0.3) is 11.0 Å². The smallest absolute Gasteiger partial charge is 0.319 e. The standard InChI is InChI=1S/C21H26N6O/c28-21(26-17-8-2-1-3-9-17)23-11-4-6-16-7-5-13-27(14-16)20-18-10-12-22-19(18)24-15-25-20/h1-3,8-10,12,15-16H,4-7,11,13-14H2,(H,22,24,25)(H2,23,26,28). The predicted molar refractivity (Wildman–Crippen MR) is 112 cm³/mol. The minimum Gasteiger partial charge on any atom is -0.356 e. The van der Waals surface area contributed by atoms with Crippen molar-refractivity contribution in [3.8, 4) is 0 Å². The van der Waals surface area contributed by atoms with Gasteiger partial charge in [-0.25, -0.2) is 14.8 Å². The van der Waals surface area contributed by atoms with E-state index in [4.69, 9.17) is 0 Å². The second kappa shape index (κ2) is 8.73. The number of carbonyl (C=O) groups is 1. The molecule has 7 heteroatoms. The van der Waals surface area contributed by atoms with Gasteiger partial charge in [-0.3, -0.25) is 0 Å². The Balaban J connectivity index is 1.23. The molecular weight excluding hydrogens is 352 g/mol. The molecule has 3 heterocycles. The number of anilines is 2. The van der Waals surface area contributed by atoms with Crippen LogP contribution in [0.1, 0.15) is 25.7 Å². The van der Waals surface area contributed by atoms with Crippen molar-refractivity contribution in [1.82, 2.24) is 20.3 Å². The fourth-order valence-corrected chi connectivity index (χ4v) is 3.89. The molecule has 1 saturated heterocycles. The van der Waals surface area contributed by atoms with Crippen molar-refractivity contribution in [3.05, 3.63) is 48.9 Å². The number of rotatable bonds is 6. The van der Waals surface area contributed by atoms with E-state index in [1.54, 1.807) is 6.33 Å². The van der Waals surface area contributed by atoms with Crippen LogP contribution in [0.2, 0.25) is 0 Å². The van der Waals surface area contributed by atoms with Crippen LogP contribution in [0, 0.1) is 5.92 Å². The summed E-state index contributed by atoms with van der Waals surface area (Å²) in [5.74, 6) is 1.65. The zero-order valence-electron chi connectivity index (χ0n) is 15.9. The number of fused-ring (bicyclic) bond motifs is 1. The summed E-state index contributed by atoms with van der Waals surface area (Å²) in [4.78, 5) is 26.3. The number of aromatic nitrogens is 3. The molecule has 4 rings (SSSR count). The van der Waals surface area contributed by atoms with Crippen molar-refractivity contribution >= 4 is 28.6 Å². The summed E-state index contributed by atoms with van der Waals surface area (Å²) in [5.41, 5.74) is 1.70. The number of H-pyrrole nitrogens is 1. The van der Waals surface area contributed by atoms with Crippen molar-refractivity contribution in [2.75, 3.05) is 29.9 Å². The van der Waals surface area contributed by atoms with Gasteiger partial charge in [-0.05, 0) is 49.8 Å². The Morgan fingerprint density at radius 1 is 1.21 bits per heavy atom. The minimum absolute atomic E-state index is 0.146. The second-order valence-corrected chi connectivity index (χ2v) is 7.28. The van der Waals surface area contributed by atoms with Crippen LogP contribution in [-0.2, 0) is 0 Å². The first-order valence-corrected chi connectivity index (χ1v) is 9.92. The molecule has 2 aromatic heterocycles. The van der Waals surface area contributed by atoms with Gasteiger partial charge >= 0.3 is 6.03 Å². The van der Waals surface area contributed by atoms with Crippen molar-refractivity contribution in [2.24, 2.45) is 5.92 Å². The Labute approximate surface area is 164 Å². The Morgan fingerprint density at radius 3 is 3.00 bits per heavy atom. The summed E-state index contributed by atoms with van der Waals surface area (Å²) in [7, 11) is 0. The first kappa shape index (κ1) is 18.3. The zero-order valence-corrected chi connectivity index (χ0v) is 15.9. The van der Waals surface area contributed by atoms with E-state index in [1.807, 2.05) is 42.6 Å². The van der Waals surface area contributed by atoms with Crippen LogP contribution in [0.4, 0.5) is 16.3 Å². The fraction of sp³-hybridized carbons (Fsp3) is 0.381. The zero-order chi connectivity index (χ0) is 19.2. The molecule has 0 aliphatic carbocycles. The Morgan fingerprint density at radius 2 is 2.11 bits per heavy atom. The third-order valence-corrected chi connectivity index (χ3v) is 5.26. The van der Waals surface area contributed by atoms with Crippen molar-refractivity contribution in [1.29, 1.82) is 0 Å². The minimum atomic E-state index is -0.146. The van der Waals surface area contributed by atoms with Crippen molar-refractivity contribution < 1.29 is 4.79 Å². The molecule has 3 N–H and O–H groups in total. The van der Waals surface area contributed by atoms with Gasteiger partial charge in [-0.15, -0.1) is 0 Å². The molecule has 1 atom stereocenters. The Kier molecular flexibility index (Phi) is 5.70. The van der Waals surface area contributed by atoms with Gasteiger partial charge in [0.05, 0.1) is 5.39 Å². The molecule has 1 aliphatic rings. The number of hydrogen-bond acceptors (Lipinski definition) is 4. The third-order valence-electron chi connectivity index (χ3n) is 5.26. The quantitative estimate of drug-likeness (QED) is 0.570. The van der Waals surface area contributed by atoms with E-state index >= 15 is 0 Å². The fourth-order valence-electron chi connectivity index (χ4n) is 3.89. The van der Waals surface area contributed by atoms with Gasteiger partial charge in [0.15, 0.2) is 0 Å². The number of hydrogen-bond donors (Lipinski definition) is 3. The first-order valence-electron chi connectivity index (χ1n) is 9.92. The number of benzene rings is 1. The average Bonchev–Trinajstić information content (AvgIpc) is 3.21. The molecule has 7 nitrogen and oxygen atoms in total. The predicted octanol–water partition coefficient (Wildman–Crippen LogP) is 3.78. The van der Waals surface area contributed by atoms with E-state index in [0.29, 0.717) is 12.5 Å². The van der Waals surface area contributed by atoms with Crippen LogP contribution in [0.15, 0.2) is 48.9 Å². The third kappa shape index (κ3) is 4.42. The van der Waals surface area contributed by atoms with Crippen molar-refractivity contribution in [2.45, 2.75) is 25.7 Å². The monoisotopic (exact) mass is 378 g/mol. The van der Waals surface area contributed by atoms with Gasteiger partial charge < -0.3 is 20.5 Å². The number of para-hydroxylation sites is 1. The van der Waals surface area contributed by atoms with Gasteiger partial charge in [0.25, 0.3) is 0 Å². The van der Waals surface area contributed by atoms with Gasteiger partial charge in [-0.1, -0.05) is 18.2 Å². The van der Waals surface area contributed by atoms with E-state index in [0.717, 1.165) is 48.5 Å². The number of nitrogens with zero attached hydrogens (tertiary/aromatic N) is 3. The summed E-state index contributed by atoms with van der Waals surface area (Å²) >= 11 is 0. The largest absolute Gasteiger partial charge is 0.356 e. The molecule has 0 saturated carbocycles. The normalized spacial score (nSPS) is 16.9. The maximum absolute atomic E-state index is 12.0. The summed E-state index contributed by atoms with van der Waals surface area (Å²) in [6.45, 7) is 2.73. The lowest BCUT2D eigenvalue weighted by Gasteiger charge is -2.34. The first-order chi connectivity index (χ1) is 13.8. The molecule has 3 aromatic rings. The molecule has 28 heavy (non-hydrogen) atoms. The van der Waals surface area contributed by atoms with E-state index in [9.17, 15) is 4.79 Å². The number of amides is 2. The number of urea groups is 1. The highest BCUT2D eigenvalue weighted by atomic mass is 16.2. The second-order valence-electron chi connectivity index (χ2n) is 7.28. The maximum Gasteiger partial charge on any atom is 0.319 e. The SMILES string of the molecule is O=C(NCCCC1CCCN(c2ncnc3[nH]ccc23)C1)Nc1ccccc1. The maximum atomic E-state index is 12.0. The van der Waals surface area contributed by atoms with Gasteiger partial charge in [0.1, 0.15) is 17.8 Å². The van der Waals surface area contributed by atoms with E-state index < -0.39 is 0 Å². The van der Waals surface area contributed by atoms with Crippen molar-refractivity contribution in [3.63, 3.8) is 0 Å². The van der Waals surface area contributed by atoms with Gasteiger partial charge in [0.2, 0.25) is 0 Å². The molecule has 2 amide bonds. The molecule has 1 unspecified atom stereocenters. The highest BCUT2D eigenvalue weighted by Crippen LogP contribution is 2.28. The van der Waals surface area contributed by atoms with Crippen LogP contribution < -0.4 is 15.5 Å². The highest BCUT2D eigenvalue weighted by molar-refractivity contribution is 5.89. The lowest BCUT2D eigenvalue weighted by Crippen LogP contribution is -2.36. The summed E-state index contributed by atoms with van der Waals surface area (Å²) in [6.07, 6.45) is 8.02. The number of aromatic amines is 1. The van der Waals surface area contributed by atoms with Crippen LogP contribution in [-0.4, -0.2) is 40.6 Å². The van der Waals surface area contributed by atoms with E-state index in [-0.39, 0.29) is 6.03 Å². The number of nitrogens with one attached hydrogen (secondary N) is 3. The molecule has 146 valence electrons. The summed E-state index contributed by atoms with van der Waals surface area (Å²) in [5, 5.41) is 6.88. The lowest BCUT2D eigenvalue weighted by molar-refractivity contribution is 0.251. The van der Waals surface area contributed by atoms with Crippen LogP contribution in [0.5, 0.6) is 0 Å². The number of carbonyl (C=O) groups excluding carboxylic acids is 1. The molecule has 0 radical (unpaired) electrons. The average molecular weight is 378 g/mol. The molecular formula is C21H26N6O. The van der Waals surface area contributed by atoms with E-state index in [2.05, 4.69) is 30.5 Å². The number of piperidine rings is 1. The van der Waals surface area contributed by atoms with Gasteiger partial charge in [0, 0.05) is 31.5 Å². The van der Waals surface area contributed by atoms with E-state index in [1.165, 1.54) is 12.8 Å².